The summed E-state index contributed by atoms with van der Waals surface area (Å²) in [6.07, 6.45) is 5.20. The summed E-state index contributed by atoms with van der Waals surface area (Å²) in [6, 6.07) is 0. The first-order chi connectivity index (χ1) is 7.20. The van der Waals surface area contributed by atoms with Gasteiger partial charge in [-0.3, -0.25) is 0 Å². The van der Waals surface area contributed by atoms with Gasteiger partial charge in [0.05, 0.1) is 18.8 Å². The van der Waals surface area contributed by atoms with Crippen LogP contribution in [0.15, 0.2) is 4.99 Å². The normalized spacial score (nSPS) is 14.3. The summed E-state index contributed by atoms with van der Waals surface area (Å²) >= 11 is 0. The Hall–Kier alpha value is -0.700. The quantitative estimate of drug-likeness (QED) is 0.451. The number of carbonyl (C=O) groups excluding carboxylic acids is 1. The third-order valence-corrected chi connectivity index (χ3v) is 2.36. The lowest BCUT2D eigenvalue weighted by Crippen LogP contribution is -2.14. The van der Waals surface area contributed by atoms with Crippen LogP contribution < -0.4 is 0 Å². The molecule has 0 spiro atoms. The topological polar surface area (TPSA) is 69.9 Å². The van der Waals surface area contributed by atoms with Crippen molar-refractivity contribution < 1.29 is 15.0 Å². The molecule has 4 nitrogen and oxygen atoms in total. The van der Waals surface area contributed by atoms with Gasteiger partial charge in [0.25, 0.3) is 0 Å². The average Bonchev–Trinajstić information content (AvgIpc) is 2.24. The molecule has 0 radical (unpaired) electrons. The number of aliphatic imine (C=N–C) groups is 1. The summed E-state index contributed by atoms with van der Waals surface area (Å²) in [6.45, 7) is 2.40. The third-order valence-electron chi connectivity index (χ3n) is 2.36. The molecule has 88 valence electrons. The molecule has 0 aromatic heterocycles. The lowest BCUT2D eigenvalue weighted by atomic mass is 10.0. The highest BCUT2D eigenvalue weighted by molar-refractivity contribution is 5.32. The molecule has 0 heterocycles. The molecule has 0 rings (SSSR count). The predicted molar refractivity (Wildman–Crippen MR) is 58.4 cm³/mol. The third kappa shape index (κ3) is 9.60. The van der Waals surface area contributed by atoms with E-state index < -0.39 is 6.10 Å². The molecule has 0 bridgehead atoms. The van der Waals surface area contributed by atoms with Crippen LogP contribution in [0.4, 0.5) is 0 Å². The van der Waals surface area contributed by atoms with E-state index in [4.69, 9.17) is 0 Å². The molecule has 0 aromatic carbocycles. The summed E-state index contributed by atoms with van der Waals surface area (Å²) in [4.78, 5) is 13.1. The van der Waals surface area contributed by atoms with E-state index in [-0.39, 0.29) is 6.10 Å². The number of hydrogen-bond acceptors (Lipinski definition) is 4. The minimum Gasteiger partial charge on any atom is -0.393 e. The standard InChI is InChI=1S/C11H21NO3/c1-2-3-4-10(14)5-6-11(15)7-8-12-9-13/h10-11,14-15H,2-8H2,1H3. The number of unbranched alkanes of at least 4 members (excludes halogenated alkanes) is 1. The van der Waals surface area contributed by atoms with E-state index in [9.17, 15) is 15.0 Å². The Kier molecular flexibility index (Phi) is 9.38. The van der Waals surface area contributed by atoms with Crippen molar-refractivity contribution in [3.05, 3.63) is 0 Å². The van der Waals surface area contributed by atoms with Crippen molar-refractivity contribution in [1.29, 1.82) is 0 Å². The Morgan fingerprint density at radius 1 is 1.13 bits per heavy atom. The van der Waals surface area contributed by atoms with Crippen LogP contribution in [-0.2, 0) is 4.79 Å². The molecule has 0 saturated carbocycles. The van der Waals surface area contributed by atoms with E-state index in [2.05, 4.69) is 11.9 Å². The SMILES string of the molecule is CCCCC(O)CCC(O)CCN=C=O. The smallest absolute Gasteiger partial charge is 0.234 e. The number of nitrogens with zero attached hydrogens (tertiary/aromatic N) is 1. The summed E-state index contributed by atoms with van der Waals surface area (Å²) < 4.78 is 0. The molecule has 0 fully saturated rings. The minimum absolute atomic E-state index is 0.311. The van der Waals surface area contributed by atoms with Crippen molar-refractivity contribution >= 4 is 6.08 Å². The van der Waals surface area contributed by atoms with Gasteiger partial charge in [-0.25, -0.2) is 9.79 Å². The monoisotopic (exact) mass is 215 g/mol. The largest absolute Gasteiger partial charge is 0.393 e. The highest BCUT2D eigenvalue weighted by Gasteiger charge is 2.08. The van der Waals surface area contributed by atoms with E-state index in [0.29, 0.717) is 25.8 Å². The molecule has 4 heteroatoms. The number of aliphatic hydroxyl groups excluding tert-OH is 2. The van der Waals surface area contributed by atoms with E-state index in [1.165, 1.54) is 6.08 Å². The van der Waals surface area contributed by atoms with Crippen LogP contribution in [0, 0.1) is 0 Å². The number of hydrogen-bond donors (Lipinski definition) is 2. The number of rotatable bonds is 9. The molecule has 0 amide bonds. The van der Waals surface area contributed by atoms with Crippen molar-refractivity contribution in [2.75, 3.05) is 6.54 Å². The second kappa shape index (κ2) is 9.84. The zero-order valence-corrected chi connectivity index (χ0v) is 9.35. The lowest BCUT2D eigenvalue weighted by molar-refractivity contribution is 0.104. The second-order valence-corrected chi connectivity index (χ2v) is 3.79. The van der Waals surface area contributed by atoms with Crippen LogP contribution in [0.1, 0.15) is 45.4 Å². The fourth-order valence-corrected chi connectivity index (χ4v) is 1.37. The maximum absolute atomic E-state index is 9.76. The molecule has 2 N–H and O–H groups in total. The van der Waals surface area contributed by atoms with Gasteiger partial charge in [-0.05, 0) is 25.7 Å². The van der Waals surface area contributed by atoms with Crippen molar-refractivity contribution in [2.45, 2.75) is 57.7 Å². The van der Waals surface area contributed by atoms with E-state index in [1.54, 1.807) is 0 Å². The van der Waals surface area contributed by atoms with Crippen molar-refractivity contribution in [2.24, 2.45) is 4.99 Å². The van der Waals surface area contributed by atoms with Gasteiger partial charge in [0.1, 0.15) is 0 Å². The van der Waals surface area contributed by atoms with Gasteiger partial charge in [-0.15, -0.1) is 0 Å². The van der Waals surface area contributed by atoms with Gasteiger partial charge in [0.2, 0.25) is 6.08 Å². The van der Waals surface area contributed by atoms with Crippen LogP contribution in [-0.4, -0.2) is 35.0 Å². The highest BCUT2D eigenvalue weighted by atomic mass is 16.3. The zero-order chi connectivity index (χ0) is 11.5. The Bertz CT molecular complexity index is 190. The molecule has 0 aromatic rings. The first-order valence-corrected chi connectivity index (χ1v) is 5.60. The molecule has 0 aliphatic rings. The maximum atomic E-state index is 9.76. The van der Waals surface area contributed by atoms with Gasteiger partial charge < -0.3 is 10.2 Å². The average molecular weight is 215 g/mol. The zero-order valence-electron chi connectivity index (χ0n) is 9.35. The van der Waals surface area contributed by atoms with Gasteiger partial charge in [-0.2, -0.15) is 0 Å². The molecular formula is C11H21NO3. The van der Waals surface area contributed by atoms with E-state index in [0.717, 1.165) is 19.3 Å². The van der Waals surface area contributed by atoms with Crippen LogP contribution in [0.25, 0.3) is 0 Å². The van der Waals surface area contributed by atoms with Gasteiger partial charge in [0.15, 0.2) is 0 Å². The summed E-state index contributed by atoms with van der Waals surface area (Å²) in [5.74, 6) is 0. The second-order valence-electron chi connectivity index (χ2n) is 3.79. The highest BCUT2D eigenvalue weighted by Crippen LogP contribution is 2.10. The molecule has 0 aliphatic heterocycles. The van der Waals surface area contributed by atoms with Crippen LogP contribution >= 0.6 is 0 Å². The molecule has 0 saturated heterocycles. The first-order valence-electron chi connectivity index (χ1n) is 5.60. The number of aliphatic hydroxyl groups is 2. The van der Waals surface area contributed by atoms with Crippen molar-refractivity contribution in [3.8, 4) is 0 Å². The van der Waals surface area contributed by atoms with Crippen LogP contribution in [0.3, 0.4) is 0 Å². The predicted octanol–water partition coefficient (Wildman–Crippen LogP) is 1.40. The first kappa shape index (κ1) is 14.3. The summed E-state index contributed by atoms with van der Waals surface area (Å²) in [7, 11) is 0. The van der Waals surface area contributed by atoms with Crippen molar-refractivity contribution in [1.82, 2.24) is 0 Å². The van der Waals surface area contributed by atoms with Gasteiger partial charge in [0, 0.05) is 0 Å². The molecule has 2 atom stereocenters. The summed E-state index contributed by atoms with van der Waals surface area (Å²) in [5.41, 5.74) is 0. The van der Waals surface area contributed by atoms with Crippen LogP contribution in [0.5, 0.6) is 0 Å². The Morgan fingerprint density at radius 3 is 2.27 bits per heavy atom. The summed E-state index contributed by atoms with van der Waals surface area (Å²) in [5, 5.41) is 19.0. The molecule has 15 heavy (non-hydrogen) atoms. The number of isocyanates is 1. The van der Waals surface area contributed by atoms with Crippen LogP contribution in [0.2, 0.25) is 0 Å². The molecular weight excluding hydrogens is 194 g/mol. The van der Waals surface area contributed by atoms with Crippen molar-refractivity contribution in [3.63, 3.8) is 0 Å². The van der Waals surface area contributed by atoms with Gasteiger partial charge >= 0.3 is 0 Å². The van der Waals surface area contributed by atoms with E-state index >= 15 is 0 Å². The Balaban J connectivity index is 3.43. The maximum Gasteiger partial charge on any atom is 0.234 e. The fourth-order valence-electron chi connectivity index (χ4n) is 1.37. The Morgan fingerprint density at radius 2 is 1.73 bits per heavy atom. The molecule has 2 unspecified atom stereocenters. The fraction of sp³-hybridized carbons (Fsp3) is 0.909. The molecule has 0 aliphatic carbocycles. The van der Waals surface area contributed by atoms with E-state index in [1.807, 2.05) is 0 Å². The lowest BCUT2D eigenvalue weighted by Gasteiger charge is -2.12. The Labute approximate surface area is 91.0 Å². The van der Waals surface area contributed by atoms with Gasteiger partial charge in [-0.1, -0.05) is 19.8 Å². The minimum atomic E-state index is -0.474.